The Morgan fingerprint density at radius 1 is 1.35 bits per heavy atom. The highest BCUT2D eigenvalue weighted by Crippen LogP contribution is 2.34. The number of nitrogens with two attached hydrogens (primary N) is 1. The van der Waals surface area contributed by atoms with Gasteiger partial charge in [-0.3, -0.25) is 4.79 Å². The molecular weight excluding hydrogens is 252 g/mol. The fraction of sp³-hybridized carbons (Fsp3) is 0.562. The third-order valence-corrected chi connectivity index (χ3v) is 4.31. The minimum atomic E-state index is 0.0451. The number of benzene rings is 1. The number of nitrogens with zero attached hydrogens (tertiary/aromatic N) is 1. The smallest absolute Gasteiger partial charge is 0.230 e. The molecule has 1 saturated carbocycles. The summed E-state index contributed by atoms with van der Waals surface area (Å²) in [4.78, 5) is 14.5. The number of hydrogen-bond donors (Lipinski definition) is 1. The minimum Gasteiger partial charge on any atom is -0.495 e. The van der Waals surface area contributed by atoms with Crippen LogP contribution in [0.5, 0.6) is 5.75 Å². The van der Waals surface area contributed by atoms with Crippen molar-refractivity contribution < 1.29 is 9.53 Å². The second-order valence-corrected chi connectivity index (χ2v) is 5.46. The van der Waals surface area contributed by atoms with Crippen molar-refractivity contribution in [2.24, 2.45) is 17.6 Å². The van der Waals surface area contributed by atoms with Gasteiger partial charge in [-0.05, 0) is 37.4 Å². The summed E-state index contributed by atoms with van der Waals surface area (Å²) in [5.74, 6) is 1.24. The van der Waals surface area contributed by atoms with E-state index in [-0.39, 0.29) is 11.8 Å². The van der Waals surface area contributed by atoms with E-state index in [4.69, 9.17) is 10.5 Å². The van der Waals surface area contributed by atoms with Gasteiger partial charge in [0.25, 0.3) is 0 Å². The zero-order valence-electron chi connectivity index (χ0n) is 12.3. The van der Waals surface area contributed by atoms with Gasteiger partial charge >= 0.3 is 0 Å². The lowest BCUT2D eigenvalue weighted by Crippen LogP contribution is -2.40. The van der Waals surface area contributed by atoms with Crippen LogP contribution in [0, 0.1) is 11.8 Å². The van der Waals surface area contributed by atoms with Crippen molar-refractivity contribution in [1.82, 2.24) is 0 Å². The first-order valence-corrected chi connectivity index (χ1v) is 7.29. The van der Waals surface area contributed by atoms with Gasteiger partial charge in [-0.15, -0.1) is 0 Å². The number of methoxy groups -OCH3 is 1. The van der Waals surface area contributed by atoms with Crippen LogP contribution in [0.3, 0.4) is 0 Å². The molecule has 2 unspecified atom stereocenters. The number of hydrogen-bond acceptors (Lipinski definition) is 3. The van der Waals surface area contributed by atoms with Gasteiger partial charge < -0.3 is 15.4 Å². The summed E-state index contributed by atoms with van der Waals surface area (Å²) in [6.45, 7) is 0.593. The first-order chi connectivity index (χ1) is 9.69. The maximum atomic E-state index is 12.8. The molecule has 0 aliphatic heterocycles. The standard InChI is InChI=1S/C16H24N2O2/c1-18(14-9-5-6-10-15(14)20-2)16(19)13-8-4-3-7-12(13)11-17/h5-6,9-10,12-13H,3-4,7-8,11,17H2,1-2H3. The van der Waals surface area contributed by atoms with Crippen LogP contribution in [0.2, 0.25) is 0 Å². The topological polar surface area (TPSA) is 55.6 Å². The van der Waals surface area contributed by atoms with Crippen molar-refractivity contribution in [3.63, 3.8) is 0 Å². The summed E-state index contributed by atoms with van der Waals surface area (Å²) in [5, 5.41) is 0. The van der Waals surface area contributed by atoms with Gasteiger partial charge in [0, 0.05) is 13.0 Å². The van der Waals surface area contributed by atoms with Crippen LogP contribution >= 0.6 is 0 Å². The summed E-state index contributed by atoms with van der Waals surface area (Å²) in [5.41, 5.74) is 6.65. The number of carbonyl (C=O) groups excluding carboxylic acids is 1. The van der Waals surface area contributed by atoms with Crippen molar-refractivity contribution in [3.8, 4) is 5.75 Å². The van der Waals surface area contributed by atoms with Gasteiger partial charge in [0.2, 0.25) is 5.91 Å². The molecule has 0 heterocycles. The average molecular weight is 276 g/mol. The molecule has 0 radical (unpaired) electrons. The first kappa shape index (κ1) is 14.9. The summed E-state index contributed by atoms with van der Waals surface area (Å²) >= 11 is 0. The van der Waals surface area contributed by atoms with Crippen molar-refractivity contribution in [2.45, 2.75) is 25.7 Å². The summed E-state index contributed by atoms with van der Waals surface area (Å²) in [6.07, 6.45) is 4.31. The monoisotopic (exact) mass is 276 g/mol. The molecule has 4 nitrogen and oxygen atoms in total. The average Bonchev–Trinajstić information content (AvgIpc) is 2.53. The zero-order chi connectivity index (χ0) is 14.5. The second-order valence-electron chi connectivity index (χ2n) is 5.46. The van der Waals surface area contributed by atoms with Crippen molar-refractivity contribution in [3.05, 3.63) is 24.3 Å². The molecular formula is C16H24N2O2. The Hall–Kier alpha value is -1.55. The highest BCUT2D eigenvalue weighted by atomic mass is 16.5. The van der Waals surface area contributed by atoms with Gasteiger partial charge in [-0.25, -0.2) is 0 Å². The molecule has 1 amide bonds. The Bertz CT molecular complexity index is 462. The van der Waals surface area contributed by atoms with Crippen molar-refractivity contribution in [1.29, 1.82) is 0 Å². The zero-order valence-corrected chi connectivity index (χ0v) is 12.3. The normalized spacial score (nSPS) is 22.4. The fourth-order valence-corrected chi connectivity index (χ4v) is 3.09. The molecule has 1 aliphatic carbocycles. The summed E-state index contributed by atoms with van der Waals surface area (Å²) in [6, 6.07) is 7.62. The maximum Gasteiger partial charge on any atom is 0.230 e. The highest BCUT2D eigenvalue weighted by Gasteiger charge is 2.32. The third-order valence-electron chi connectivity index (χ3n) is 4.31. The van der Waals surface area contributed by atoms with E-state index in [9.17, 15) is 4.79 Å². The minimum absolute atomic E-state index is 0.0451. The SMILES string of the molecule is COc1ccccc1N(C)C(=O)C1CCCCC1CN. The van der Waals surface area contributed by atoms with Crippen LogP contribution in [0.1, 0.15) is 25.7 Å². The molecule has 1 aromatic rings. The Morgan fingerprint density at radius 2 is 2.05 bits per heavy atom. The molecule has 0 bridgehead atoms. The summed E-state index contributed by atoms with van der Waals surface area (Å²) < 4.78 is 5.34. The Morgan fingerprint density at radius 3 is 2.75 bits per heavy atom. The molecule has 4 heteroatoms. The highest BCUT2D eigenvalue weighted by molar-refractivity contribution is 5.96. The Labute approximate surface area is 120 Å². The molecule has 0 spiro atoms. The van der Waals surface area contributed by atoms with Crippen LogP contribution in [0.15, 0.2) is 24.3 Å². The van der Waals surface area contributed by atoms with E-state index in [0.717, 1.165) is 30.7 Å². The van der Waals surface area contributed by atoms with Crippen LogP contribution in [-0.2, 0) is 4.79 Å². The lowest BCUT2D eigenvalue weighted by molar-refractivity contribution is -0.124. The van der Waals surface area contributed by atoms with E-state index in [0.29, 0.717) is 12.5 Å². The van der Waals surface area contributed by atoms with E-state index in [1.165, 1.54) is 6.42 Å². The second kappa shape index (κ2) is 6.75. The molecule has 20 heavy (non-hydrogen) atoms. The van der Waals surface area contributed by atoms with E-state index in [1.54, 1.807) is 12.0 Å². The van der Waals surface area contributed by atoms with E-state index >= 15 is 0 Å². The molecule has 1 aliphatic rings. The molecule has 2 N–H and O–H groups in total. The summed E-state index contributed by atoms with van der Waals surface area (Å²) in [7, 11) is 3.45. The van der Waals surface area contributed by atoms with Crippen LogP contribution in [0.4, 0.5) is 5.69 Å². The van der Waals surface area contributed by atoms with Crippen LogP contribution in [-0.4, -0.2) is 26.6 Å². The van der Waals surface area contributed by atoms with Crippen molar-refractivity contribution in [2.75, 3.05) is 25.6 Å². The van der Waals surface area contributed by atoms with Gasteiger partial charge in [-0.1, -0.05) is 25.0 Å². The number of rotatable bonds is 4. The number of para-hydroxylation sites is 2. The quantitative estimate of drug-likeness (QED) is 0.919. The van der Waals surface area contributed by atoms with Gasteiger partial charge in [0.1, 0.15) is 5.75 Å². The number of ether oxygens (including phenoxy) is 1. The molecule has 2 atom stereocenters. The van der Waals surface area contributed by atoms with E-state index in [2.05, 4.69) is 0 Å². The lowest BCUT2D eigenvalue weighted by Gasteiger charge is -2.33. The van der Waals surface area contributed by atoms with Gasteiger partial charge in [-0.2, -0.15) is 0 Å². The van der Waals surface area contributed by atoms with Gasteiger partial charge in [0.05, 0.1) is 12.8 Å². The largest absolute Gasteiger partial charge is 0.495 e. The number of anilines is 1. The van der Waals surface area contributed by atoms with E-state index < -0.39 is 0 Å². The molecule has 0 saturated heterocycles. The Kier molecular flexibility index (Phi) is 5.01. The number of carbonyl (C=O) groups is 1. The number of amides is 1. The first-order valence-electron chi connectivity index (χ1n) is 7.29. The fourth-order valence-electron chi connectivity index (χ4n) is 3.09. The van der Waals surface area contributed by atoms with Crippen LogP contribution in [0.25, 0.3) is 0 Å². The molecule has 2 rings (SSSR count). The van der Waals surface area contributed by atoms with Crippen molar-refractivity contribution >= 4 is 11.6 Å². The lowest BCUT2D eigenvalue weighted by atomic mass is 9.78. The molecule has 1 aromatic carbocycles. The maximum absolute atomic E-state index is 12.8. The molecule has 0 aromatic heterocycles. The third kappa shape index (κ3) is 2.96. The predicted octanol–water partition coefficient (Wildman–Crippen LogP) is 2.42. The molecule has 1 fully saturated rings. The predicted molar refractivity (Wildman–Crippen MR) is 80.9 cm³/mol. The van der Waals surface area contributed by atoms with E-state index in [1.807, 2.05) is 31.3 Å². The van der Waals surface area contributed by atoms with Crippen LogP contribution < -0.4 is 15.4 Å². The molecule has 110 valence electrons. The van der Waals surface area contributed by atoms with Gasteiger partial charge in [0.15, 0.2) is 0 Å². The Balaban J connectivity index is 2.19.